The van der Waals surface area contributed by atoms with Crippen molar-refractivity contribution in [3.8, 4) is 0 Å². The Morgan fingerprint density at radius 1 is 1.44 bits per heavy atom. The van der Waals surface area contributed by atoms with Gasteiger partial charge in [0.25, 0.3) is 0 Å². The topological polar surface area (TPSA) is 50.4 Å². The number of aliphatic carboxylic acids is 1. The normalized spacial score (nSPS) is 11.9. The highest BCUT2D eigenvalue weighted by molar-refractivity contribution is 9.10. The van der Waals surface area contributed by atoms with E-state index in [1.54, 1.807) is 13.8 Å². The minimum Gasteiger partial charge on any atom is -0.481 e. The van der Waals surface area contributed by atoms with Gasteiger partial charge in [0.1, 0.15) is 5.58 Å². The molecule has 1 heterocycles. The molecule has 1 aromatic carbocycles. The Bertz CT molecular complexity index is 554. The van der Waals surface area contributed by atoms with Crippen LogP contribution in [0.5, 0.6) is 0 Å². The van der Waals surface area contributed by atoms with Crippen LogP contribution in [0.2, 0.25) is 0 Å². The summed E-state index contributed by atoms with van der Waals surface area (Å²) in [5, 5.41) is 10.0. The van der Waals surface area contributed by atoms with Crippen molar-refractivity contribution >= 4 is 32.9 Å². The van der Waals surface area contributed by atoms with E-state index in [-0.39, 0.29) is 0 Å². The molecule has 0 radical (unpaired) electrons. The van der Waals surface area contributed by atoms with E-state index in [0.29, 0.717) is 11.1 Å². The van der Waals surface area contributed by atoms with Gasteiger partial charge in [-0.25, -0.2) is 0 Å². The van der Waals surface area contributed by atoms with Crippen molar-refractivity contribution < 1.29 is 14.3 Å². The van der Waals surface area contributed by atoms with E-state index in [2.05, 4.69) is 15.9 Å². The number of rotatable bonds is 2. The first-order valence-corrected chi connectivity index (χ1v) is 5.63. The molecule has 0 saturated heterocycles. The van der Waals surface area contributed by atoms with Gasteiger partial charge in [-0.3, -0.25) is 4.79 Å². The van der Waals surface area contributed by atoms with Crippen molar-refractivity contribution in [1.82, 2.24) is 0 Å². The number of carbonyl (C=O) groups is 1. The Hall–Kier alpha value is -1.29. The quantitative estimate of drug-likeness (QED) is 0.916. The van der Waals surface area contributed by atoms with E-state index in [1.807, 2.05) is 18.2 Å². The predicted octanol–water partition coefficient (Wildman–Crippen LogP) is 3.56. The van der Waals surface area contributed by atoms with Crippen LogP contribution in [0.3, 0.4) is 0 Å². The van der Waals surface area contributed by atoms with Gasteiger partial charge in [0, 0.05) is 10.9 Å². The Kier molecular flexibility index (Phi) is 2.54. The van der Waals surface area contributed by atoms with Crippen LogP contribution in [0.15, 0.2) is 33.4 Å². The van der Waals surface area contributed by atoms with Gasteiger partial charge in [0.2, 0.25) is 0 Å². The highest BCUT2D eigenvalue weighted by Crippen LogP contribution is 2.35. The first-order valence-electron chi connectivity index (χ1n) is 4.84. The first kappa shape index (κ1) is 11.2. The van der Waals surface area contributed by atoms with Gasteiger partial charge in [-0.15, -0.1) is 0 Å². The zero-order chi connectivity index (χ0) is 11.9. The third-order valence-electron chi connectivity index (χ3n) is 2.76. The smallest absolute Gasteiger partial charge is 0.313 e. The number of furan rings is 1. The van der Waals surface area contributed by atoms with Crippen LogP contribution in [0, 0.1) is 0 Å². The molecule has 0 saturated carbocycles. The van der Waals surface area contributed by atoms with Crippen molar-refractivity contribution in [2.45, 2.75) is 19.3 Å². The molecule has 0 fully saturated rings. The molecule has 4 heteroatoms. The van der Waals surface area contributed by atoms with Gasteiger partial charge in [-0.05, 0) is 35.8 Å². The highest BCUT2D eigenvalue weighted by Gasteiger charge is 2.32. The summed E-state index contributed by atoms with van der Waals surface area (Å²) in [7, 11) is 0. The van der Waals surface area contributed by atoms with Crippen LogP contribution in [0.1, 0.15) is 19.4 Å². The first-order chi connectivity index (χ1) is 7.44. The number of carboxylic acid groups (broad SMARTS) is 1. The van der Waals surface area contributed by atoms with Gasteiger partial charge in [-0.2, -0.15) is 0 Å². The maximum atomic E-state index is 11.2. The Balaban J connectivity index is 2.72. The summed E-state index contributed by atoms with van der Waals surface area (Å²) in [5.74, 6) is -0.866. The van der Waals surface area contributed by atoms with Crippen LogP contribution in [0.25, 0.3) is 11.0 Å². The van der Waals surface area contributed by atoms with E-state index in [9.17, 15) is 9.90 Å². The van der Waals surface area contributed by atoms with E-state index in [1.165, 1.54) is 6.26 Å². The van der Waals surface area contributed by atoms with Gasteiger partial charge in [0.15, 0.2) is 0 Å². The maximum absolute atomic E-state index is 11.2. The summed E-state index contributed by atoms with van der Waals surface area (Å²) in [6.07, 6.45) is 1.52. The van der Waals surface area contributed by atoms with Crippen LogP contribution < -0.4 is 0 Å². The van der Waals surface area contributed by atoms with Crippen molar-refractivity contribution in [3.05, 3.63) is 34.5 Å². The van der Waals surface area contributed by atoms with Crippen molar-refractivity contribution in [1.29, 1.82) is 0 Å². The average Bonchev–Trinajstić information content (AvgIpc) is 2.63. The molecule has 0 aliphatic rings. The summed E-state index contributed by atoms with van der Waals surface area (Å²) >= 11 is 3.37. The van der Waals surface area contributed by atoms with Gasteiger partial charge < -0.3 is 9.52 Å². The molecule has 3 nitrogen and oxygen atoms in total. The SMILES string of the molecule is CC(C)(C(=O)O)c1coc2c(Br)cccc12. The monoisotopic (exact) mass is 282 g/mol. The Morgan fingerprint density at radius 3 is 2.75 bits per heavy atom. The number of para-hydroxylation sites is 1. The summed E-state index contributed by atoms with van der Waals surface area (Å²) in [5.41, 5.74) is 0.426. The number of carboxylic acids is 1. The van der Waals surface area contributed by atoms with Crippen LogP contribution in [0.4, 0.5) is 0 Å². The zero-order valence-corrected chi connectivity index (χ0v) is 10.5. The summed E-state index contributed by atoms with van der Waals surface area (Å²) in [4.78, 5) is 11.2. The number of fused-ring (bicyclic) bond motifs is 1. The molecule has 0 unspecified atom stereocenters. The van der Waals surface area contributed by atoms with Crippen molar-refractivity contribution in [3.63, 3.8) is 0 Å². The van der Waals surface area contributed by atoms with E-state index < -0.39 is 11.4 Å². The lowest BCUT2D eigenvalue weighted by Crippen LogP contribution is -2.28. The summed E-state index contributed by atoms with van der Waals surface area (Å²) in [6.45, 7) is 3.33. The minimum atomic E-state index is -0.952. The van der Waals surface area contributed by atoms with Crippen molar-refractivity contribution in [2.24, 2.45) is 0 Å². The molecule has 0 atom stereocenters. The largest absolute Gasteiger partial charge is 0.481 e. The molecule has 0 amide bonds. The van der Waals surface area contributed by atoms with E-state index in [4.69, 9.17) is 4.42 Å². The van der Waals surface area contributed by atoms with Gasteiger partial charge in [0.05, 0.1) is 16.2 Å². The highest BCUT2D eigenvalue weighted by atomic mass is 79.9. The third kappa shape index (κ3) is 1.53. The van der Waals surface area contributed by atoms with Gasteiger partial charge in [-0.1, -0.05) is 12.1 Å². The number of hydrogen-bond donors (Lipinski definition) is 1. The molecule has 0 spiro atoms. The molecule has 2 rings (SSSR count). The molecule has 2 aromatic rings. The molecular weight excluding hydrogens is 272 g/mol. The Morgan fingerprint density at radius 2 is 2.12 bits per heavy atom. The maximum Gasteiger partial charge on any atom is 0.313 e. The van der Waals surface area contributed by atoms with E-state index >= 15 is 0 Å². The van der Waals surface area contributed by atoms with Crippen LogP contribution in [-0.4, -0.2) is 11.1 Å². The molecule has 84 valence electrons. The van der Waals surface area contributed by atoms with Crippen LogP contribution >= 0.6 is 15.9 Å². The fourth-order valence-corrected chi connectivity index (χ4v) is 2.08. The predicted molar refractivity (Wildman–Crippen MR) is 64.6 cm³/mol. The lowest BCUT2D eigenvalue weighted by Gasteiger charge is -2.17. The standard InChI is InChI=1S/C12H11BrO3/c1-12(2,11(14)15)8-6-16-10-7(8)4-3-5-9(10)13/h3-6H,1-2H3,(H,14,15). The van der Waals surface area contributed by atoms with Crippen molar-refractivity contribution in [2.75, 3.05) is 0 Å². The molecule has 0 bridgehead atoms. The molecular formula is C12H11BrO3. The second kappa shape index (κ2) is 3.63. The molecule has 1 N–H and O–H groups in total. The molecule has 0 aliphatic carbocycles. The second-order valence-electron chi connectivity index (χ2n) is 4.20. The zero-order valence-electron chi connectivity index (χ0n) is 8.95. The summed E-state index contributed by atoms with van der Waals surface area (Å²) < 4.78 is 6.24. The lowest BCUT2D eigenvalue weighted by atomic mass is 9.85. The molecule has 16 heavy (non-hydrogen) atoms. The third-order valence-corrected chi connectivity index (χ3v) is 3.38. The summed E-state index contributed by atoms with van der Waals surface area (Å²) in [6, 6.07) is 5.59. The number of halogens is 1. The molecule has 0 aliphatic heterocycles. The fourth-order valence-electron chi connectivity index (χ4n) is 1.62. The minimum absolute atomic E-state index is 0.687. The Labute approximate surface area is 101 Å². The number of benzene rings is 1. The van der Waals surface area contributed by atoms with E-state index in [0.717, 1.165) is 9.86 Å². The second-order valence-corrected chi connectivity index (χ2v) is 5.05. The average molecular weight is 283 g/mol. The molecule has 1 aromatic heterocycles. The fraction of sp³-hybridized carbons (Fsp3) is 0.250. The van der Waals surface area contributed by atoms with Gasteiger partial charge >= 0.3 is 5.97 Å². The lowest BCUT2D eigenvalue weighted by molar-refractivity contribution is -0.142. The van der Waals surface area contributed by atoms with Crippen LogP contribution in [-0.2, 0) is 10.2 Å². The number of hydrogen-bond acceptors (Lipinski definition) is 2.